The van der Waals surface area contributed by atoms with E-state index in [1.807, 2.05) is 12.1 Å². The van der Waals surface area contributed by atoms with Crippen molar-refractivity contribution in [2.24, 2.45) is 0 Å². The quantitative estimate of drug-likeness (QED) is 0.793. The predicted molar refractivity (Wildman–Crippen MR) is 91.2 cm³/mol. The van der Waals surface area contributed by atoms with Crippen molar-refractivity contribution in [1.82, 2.24) is 19.6 Å². The summed E-state index contributed by atoms with van der Waals surface area (Å²) in [4.78, 5) is 22.8. The predicted octanol–water partition coefficient (Wildman–Crippen LogP) is 2.50. The Hall–Kier alpha value is -3.03. The van der Waals surface area contributed by atoms with Crippen LogP contribution >= 0.6 is 0 Å². The number of fused-ring (bicyclic) bond motifs is 1. The summed E-state index contributed by atoms with van der Waals surface area (Å²) in [6.45, 7) is 3.12. The number of hydrogen-bond donors (Lipinski definition) is 1. The molecule has 0 radical (unpaired) electrons. The molecule has 25 heavy (non-hydrogen) atoms. The van der Waals surface area contributed by atoms with Crippen LogP contribution in [0.15, 0.2) is 36.7 Å². The summed E-state index contributed by atoms with van der Waals surface area (Å²) in [6.07, 6.45) is 4.79. The fourth-order valence-electron chi connectivity index (χ4n) is 3.08. The number of anilines is 2. The van der Waals surface area contributed by atoms with Gasteiger partial charge >= 0.3 is 0 Å². The molecule has 1 N–H and O–H groups in total. The minimum absolute atomic E-state index is 0.269. The van der Waals surface area contributed by atoms with Crippen molar-refractivity contribution in [2.75, 3.05) is 16.8 Å². The van der Waals surface area contributed by atoms with E-state index in [0.29, 0.717) is 17.4 Å². The molecule has 4 heterocycles. The van der Waals surface area contributed by atoms with Gasteiger partial charge in [-0.1, -0.05) is 0 Å². The molecule has 0 aliphatic carbocycles. The topological polar surface area (TPSA) is 75.4 Å². The van der Waals surface area contributed by atoms with Gasteiger partial charge < -0.3 is 10.2 Å². The molecule has 1 fully saturated rings. The summed E-state index contributed by atoms with van der Waals surface area (Å²) in [5.41, 5.74) is 0.891. The summed E-state index contributed by atoms with van der Waals surface area (Å²) in [7, 11) is 0. The Bertz CT molecular complexity index is 923. The molecule has 1 unspecified atom stereocenters. The van der Waals surface area contributed by atoms with Crippen LogP contribution < -0.4 is 10.2 Å². The lowest BCUT2D eigenvalue weighted by Crippen LogP contribution is -2.28. The second kappa shape index (κ2) is 6.12. The Kier molecular flexibility index (Phi) is 3.79. The average Bonchev–Trinajstić information content (AvgIpc) is 3.22. The van der Waals surface area contributed by atoms with Gasteiger partial charge in [-0.3, -0.25) is 4.79 Å². The first-order valence-corrected chi connectivity index (χ1v) is 8.16. The maximum absolute atomic E-state index is 12.9. The molecule has 4 rings (SSSR count). The lowest BCUT2D eigenvalue weighted by molar-refractivity contribution is 0.102. The maximum atomic E-state index is 12.9. The zero-order valence-electron chi connectivity index (χ0n) is 13.7. The first kappa shape index (κ1) is 15.5. The minimum Gasteiger partial charge on any atom is -0.352 e. The summed E-state index contributed by atoms with van der Waals surface area (Å²) < 4.78 is 14.5. The molecule has 3 aromatic rings. The number of hydrogen-bond acceptors (Lipinski definition) is 5. The van der Waals surface area contributed by atoms with Crippen LogP contribution in [-0.2, 0) is 0 Å². The van der Waals surface area contributed by atoms with E-state index >= 15 is 0 Å². The van der Waals surface area contributed by atoms with Gasteiger partial charge in [0.2, 0.25) is 0 Å². The second-order valence-electron chi connectivity index (χ2n) is 6.11. The molecule has 7 nitrogen and oxygen atoms in total. The summed E-state index contributed by atoms with van der Waals surface area (Å²) in [6, 6.07) is 6.84. The third kappa shape index (κ3) is 2.90. The van der Waals surface area contributed by atoms with Crippen molar-refractivity contribution in [3.63, 3.8) is 0 Å². The third-order valence-corrected chi connectivity index (χ3v) is 4.40. The molecule has 0 bridgehead atoms. The van der Waals surface area contributed by atoms with Gasteiger partial charge in [0.25, 0.3) is 5.91 Å². The molecule has 0 saturated carbocycles. The average molecular weight is 340 g/mol. The Labute approximate surface area is 143 Å². The number of nitrogens with zero attached hydrogens (tertiary/aromatic N) is 5. The third-order valence-electron chi connectivity index (χ3n) is 4.40. The normalized spacial score (nSPS) is 17.2. The van der Waals surface area contributed by atoms with Gasteiger partial charge in [-0.15, -0.1) is 5.10 Å². The molecule has 0 aromatic carbocycles. The highest BCUT2D eigenvalue weighted by Crippen LogP contribution is 2.23. The van der Waals surface area contributed by atoms with E-state index in [2.05, 4.69) is 32.2 Å². The van der Waals surface area contributed by atoms with Gasteiger partial charge in [-0.25, -0.2) is 18.9 Å². The number of aromatic nitrogens is 4. The van der Waals surface area contributed by atoms with Crippen LogP contribution in [-0.4, -0.2) is 38.1 Å². The van der Waals surface area contributed by atoms with E-state index in [4.69, 9.17) is 0 Å². The number of carbonyl (C=O) groups is 1. The Morgan fingerprint density at radius 1 is 1.24 bits per heavy atom. The van der Waals surface area contributed by atoms with E-state index < -0.39 is 11.7 Å². The number of halogens is 1. The number of amides is 1. The number of nitrogens with one attached hydrogen (secondary N) is 1. The van der Waals surface area contributed by atoms with Crippen LogP contribution in [0.2, 0.25) is 0 Å². The minimum atomic E-state index is -0.459. The van der Waals surface area contributed by atoms with Crippen molar-refractivity contribution in [2.45, 2.75) is 25.8 Å². The number of pyridine rings is 1. The maximum Gasteiger partial charge on any atom is 0.277 e. The highest BCUT2D eigenvalue weighted by atomic mass is 19.1. The highest BCUT2D eigenvalue weighted by molar-refractivity contribution is 6.02. The van der Waals surface area contributed by atoms with E-state index in [1.54, 1.807) is 0 Å². The Morgan fingerprint density at radius 2 is 2.12 bits per heavy atom. The molecule has 1 saturated heterocycles. The smallest absolute Gasteiger partial charge is 0.277 e. The van der Waals surface area contributed by atoms with Gasteiger partial charge in [-0.05, 0) is 44.0 Å². The zero-order chi connectivity index (χ0) is 17.4. The summed E-state index contributed by atoms with van der Waals surface area (Å²) >= 11 is 0. The summed E-state index contributed by atoms with van der Waals surface area (Å²) in [5, 5.41) is 7.21. The number of rotatable bonds is 3. The molecule has 3 aromatic heterocycles. The standard InChI is InChI=1S/C17H17FN6O/c1-11-3-2-8-23(11)16-7-6-15-20-10-13(24(15)22-16)17(25)21-14-5-4-12(18)9-19-14/h4-7,9-11H,2-3,8H2,1H3,(H,19,21,25). The molecule has 1 atom stereocenters. The monoisotopic (exact) mass is 340 g/mol. The van der Waals surface area contributed by atoms with E-state index in [9.17, 15) is 9.18 Å². The lowest BCUT2D eigenvalue weighted by atomic mass is 10.2. The first-order chi connectivity index (χ1) is 12.1. The van der Waals surface area contributed by atoms with Crippen LogP contribution in [0.25, 0.3) is 5.65 Å². The second-order valence-corrected chi connectivity index (χ2v) is 6.11. The molecular weight excluding hydrogens is 323 g/mol. The van der Waals surface area contributed by atoms with E-state index in [-0.39, 0.29) is 5.82 Å². The number of imidazole rings is 1. The Balaban J connectivity index is 1.64. The van der Waals surface area contributed by atoms with Gasteiger partial charge in [0.15, 0.2) is 11.3 Å². The van der Waals surface area contributed by atoms with Crippen LogP contribution in [0.5, 0.6) is 0 Å². The fourth-order valence-corrected chi connectivity index (χ4v) is 3.08. The zero-order valence-corrected chi connectivity index (χ0v) is 13.7. The number of carbonyl (C=O) groups excluding carboxylic acids is 1. The molecular formula is C17H17FN6O. The van der Waals surface area contributed by atoms with Crippen molar-refractivity contribution in [3.8, 4) is 0 Å². The first-order valence-electron chi connectivity index (χ1n) is 8.16. The van der Waals surface area contributed by atoms with Crippen LogP contribution in [0.1, 0.15) is 30.3 Å². The largest absolute Gasteiger partial charge is 0.352 e. The van der Waals surface area contributed by atoms with Crippen molar-refractivity contribution >= 4 is 23.2 Å². The van der Waals surface area contributed by atoms with Crippen LogP contribution in [0.3, 0.4) is 0 Å². The van der Waals surface area contributed by atoms with Gasteiger partial charge in [-0.2, -0.15) is 0 Å². The molecule has 1 aliphatic heterocycles. The van der Waals surface area contributed by atoms with Crippen molar-refractivity contribution in [3.05, 3.63) is 48.2 Å². The van der Waals surface area contributed by atoms with Gasteiger partial charge in [0.1, 0.15) is 17.5 Å². The van der Waals surface area contributed by atoms with E-state index in [1.165, 1.54) is 22.8 Å². The molecule has 1 aliphatic rings. The van der Waals surface area contributed by atoms with Crippen molar-refractivity contribution < 1.29 is 9.18 Å². The molecule has 8 heteroatoms. The molecule has 128 valence electrons. The SMILES string of the molecule is CC1CCCN1c1ccc2ncc(C(=O)Nc3ccc(F)cn3)n2n1. The van der Waals surface area contributed by atoms with Crippen molar-refractivity contribution in [1.29, 1.82) is 0 Å². The summed E-state index contributed by atoms with van der Waals surface area (Å²) in [5.74, 6) is 0.236. The van der Waals surface area contributed by atoms with Crippen LogP contribution in [0, 0.1) is 5.82 Å². The Morgan fingerprint density at radius 3 is 2.84 bits per heavy atom. The van der Waals surface area contributed by atoms with E-state index in [0.717, 1.165) is 31.4 Å². The van der Waals surface area contributed by atoms with Gasteiger partial charge in [0.05, 0.1) is 12.4 Å². The van der Waals surface area contributed by atoms with Crippen LogP contribution in [0.4, 0.5) is 16.0 Å². The lowest BCUT2D eigenvalue weighted by Gasteiger charge is -2.22. The van der Waals surface area contributed by atoms with Gasteiger partial charge in [0, 0.05) is 12.6 Å². The molecule has 1 amide bonds. The molecule has 0 spiro atoms. The fraction of sp³-hybridized carbons (Fsp3) is 0.294. The highest BCUT2D eigenvalue weighted by Gasteiger charge is 2.23.